The van der Waals surface area contributed by atoms with Crippen molar-refractivity contribution in [3.63, 3.8) is 0 Å². The summed E-state index contributed by atoms with van der Waals surface area (Å²) in [5.41, 5.74) is 3.22. The molecule has 2 aliphatic heterocycles. The van der Waals surface area contributed by atoms with Crippen LogP contribution in [0.3, 0.4) is 0 Å². The van der Waals surface area contributed by atoms with Gasteiger partial charge in [-0.05, 0) is 84.0 Å². The zero-order valence-corrected chi connectivity index (χ0v) is 35.7. The first-order valence-corrected chi connectivity index (χ1v) is 21.0. The molecule has 7 aromatic rings. The summed E-state index contributed by atoms with van der Waals surface area (Å²) in [6, 6.07) is 16.4. The van der Waals surface area contributed by atoms with E-state index in [1.165, 1.54) is 97.1 Å². The maximum absolute atomic E-state index is 16.6. The number of hydrogen-bond donors (Lipinski definition) is 10. The molecule has 4 unspecified atom stereocenters. The average Bonchev–Trinajstić information content (AvgIpc) is 4.20. The molecule has 12 nitrogen and oxygen atoms in total. The lowest BCUT2D eigenvalue weighted by Crippen LogP contribution is -2.29. The van der Waals surface area contributed by atoms with Crippen LogP contribution in [0.5, 0.6) is 11.5 Å². The number of hydrogen-bond acceptors (Lipinski definition) is 10. The highest BCUT2D eigenvalue weighted by molar-refractivity contribution is 6.00. The summed E-state index contributed by atoms with van der Waals surface area (Å²) in [6.45, 7) is -1.48. The number of benzene rings is 4. The molecule has 0 radical (unpaired) electrons. The third-order valence-corrected chi connectivity index (χ3v) is 11.9. The van der Waals surface area contributed by atoms with Gasteiger partial charge in [0, 0.05) is 57.4 Å². The van der Waals surface area contributed by atoms with Gasteiger partial charge in [-0.3, -0.25) is 0 Å². The summed E-state index contributed by atoms with van der Waals surface area (Å²) in [5, 5.41) is 62.5. The maximum Gasteiger partial charge on any atom is 0.170 e. The number of nitrogens with two attached hydrogens (primary N) is 2. The largest absolute Gasteiger partial charge is 0.508 e. The standard InChI is InChI=1S/C50H36F8N6O6/c51-41-37(42(52)46(56)39(45(41)55)49(69)31(67)17-59)35-27-11-7-23(61-27)33(19-3-1-5-21(65)15-19)24-8-12-28(62-24)36(38-43(53)47(57)40(48(58)44(38)54)50(70)32(68)18-60)30-14-10-26(64-30)34(25-9-13-29(35)63-25)20-4-2-6-22(66)16-20/h1-16,31-32,49-50,61,64-70H,17-18,59-60H2. The van der Waals surface area contributed by atoms with E-state index in [1.807, 2.05) is 0 Å². The molecular weight excluding hydrogens is 933 g/mol. The van der Waals surface area contributed by atoms with E-state index in [4.69, 9.17) is 11.5 Å². The highest BCUT2D eigenvalue weighted by Crippen LogP contribution is 2.44. The Morgan fingerprint density at radius 2 is 0.714 bits per heavy atom. The van der Waals surface area contributed by atoms with Gasteiger partial charge in [-0.25, -0.2) is 45.1 Å². The van der Waals surface area contributed by atoms with Crippen molar-refractivity contribution in [2.24, 2.45) is 11.5 Å². The van der Waals surface area contributed by atoms with Crippen LogP contribution in [0.1, 0.15) is 46.1 Å². The van der Waals surface area contributed by atoms with Crippen molar-refractivity contribution in [1.82, 2.24) is 19.9 Å². The minimum Gasteiger partial charge on any atom is -0.508 e. The van der Waals surface area contributed by atoms with Gasteiger partial charge < -0.3 is 52.1 Å². The molecule has 20 heteroatoms. The molecule has 5 heterocycles. The zero-order chi connectivity index (χ0) is 50.0. The number of nitrogens with zero attached hydrogens (tertiary/aromatic N) is 2. The molecule has 4 aromatic carbocycles. The number of aliphatic hydroxyl groups is 4. The highest BCUT2D eigenvalue weighted by Gasteiger charge is 2.36. The predicted octanol–water partition coefficient (Wildman–Crippen LogP) is 8.55. The van der Waals surface area contributed by atoms with E-state index in [9.17, 15) is 30.6 Å². The summed E-state index contributed by atoms with van der Waals surface area (Å²) in [7, 11) is 0. The van der Waals surface area contributed by atoms with E-state index in [0.717, 1.165) is 0 Å². The summed E-state index contributed by atoms with van der Waals surface area (Å²) in [6.07, 6.45) is -3.92. The Balaban J connectivity index is 1.48. The van der Waals surface area contributed by atoms with Crippen molar-refractivity contribution < 1.29 is 65.8 Å². The number of phenols is 2. The quantitative estimate of drug-likeness (QED) is 0.0464. The fraction of sp³-hybridized carbons (Fsp3) is 0.120. The van der Waals surface area contributed by atoms with Gasteiger partial charge in [0.1, 0.15) is 23.7 Å². The van der Waals surface area contributed by atoms with Gasteiger partial charge in [-0.1, -0.05) is 24.3 Å². The third-order valence-electron chi connectivity index (χ3n) is 11.9. The molecule has 0 amide bonds. The van der Waals surface area contributed by atoms with Crippen LogP contribution in [0.2, 0.25) is 0 Å². The van der Waals surface area contributed by atoms with Gasteiger partial charge in [0.15, 0.2) is 46.5 Å². The Bertz CT molecular complexity index is 3250. The SMILES string of the molecule is NCC(O)C(O)c1c(F)c(F)c(-c2c3nc(c(-c4cccc(O)c4)c4ccc([nH]4)c(-c4c(F)c(F)c(C(O)C(O)CN)c(F)c4F)c4nc(c(-c5cccc(O)c5)c5ccc2[nH]5)C=C4)C=C3)c(F)c1F. The third kappa shape index (κ3) is 7.85. The molecule has 12 N–H and O–H groups in total. The van der Waals surface area contributed by atoms with Crippen molar-refractivity contribution in [2.45, 2.75) is 24.4 Å². The first-order chi connectivity index (χ1) is 33.4. The summed E-state index contributed by atoms with van der Waals surface area (Å²) in [5.74, 6) is -16.8. The molecule has 3 aromatic heterocycles. The molecular formula is C50H36F8N6O6. The van der Waals surface area contributed by atoms with Gasteiger partial charge >= 0.3 is 0 Å². The van der Waals surface area contributed by atoms with E-state index in [1.54, 1.807) is 0 Å². The van der Waals surface area contributed by atoms with Crippen LogP contribution in [0, 0.1) is 46.5 Å². The fourth-order valence-corrected chi connectivity index (χ4v) is 8.56. The Hall–Kier alpha value is -7.72. The van der Waals surface area contributed by atoms with Crippen LogP contribution >= 0.6 is 0 Å². The number of nitrogens with one attached hydrogen (secondary N) is 2. The highest BCUT2D eigenvalue weighted by atomic mass is 19.2. The van der Waals surface area contributed by atoms with Crippen molar-refractivity contribution >= 4 is 46.4 Å². The number of halogens is 8. The van der Waals surface area contributed by atoms with Crippen molar-refractivity contribution in [3.05, 3.63) is 153 Å². The van der Waals surface area contributed by atoms with Gasteiger partial charge in [0.25, 0.3) is 0 Å². The van der Waals surface area contributed by atoms with E-state index >= 15 is 35.1 Å². The fourth-order valence-electron chi connectivity index (χ4n) is 8.56. The van der Waals surface area contributed by atoms with Crippen molar-refractivity contribution in [3.8, 4) is 56.0 Å². The number of aromatic nitrogens is 4. The first-order valence-electron chi connectivity index (χ1n) is 21.0. The molecule has 9 rings (SSSR count). The predicted molar refractivity (Wildman–Crippen MR) is 244 cm³/mol. The Morgan fingerprint density at radius 3 is 1.01 bits per heavy atom. The van der Waals surface area contributed by atoms with E-state index in [0.29, 0.717) is 0 Å². The topological polar surface area (TPSA) is 231 Å². The van der Waals surface area contributed by atoms with Crippen molar-refractivity contribution in [1.29, 1.82) is 0 Å². The first kappa shape index (κ1) is 47.4. The van der Waals surface area contributed by atoms with Gasteiger partial charge in [0.05, 0.1) is 57.2 Å². The number of aromatic hydroxyl groups is 2. The van der Waals surface area contributed by atoms with Crippen LogP contribution in [0.15, 0.2) is 72.8 Å². The van der Waals surface area contributed by atoms with Gasteiger partial charge in [-0.15, -0.1) is 0 Å². The smallest absolute Gasteiger partial charge is 0.170 e. The second-order valence-electron chi connectivity index (χ2n) is 16.2. The Labute approximate surface area is 389 Å². The lowest BCUT2D eigenvalue weighted by molar-refractivity contribution is 0.0190. The van der Waals surface area contributed by atoms with Crippen LogP contribution in [0.4, 0.5) is 35.1 Å². The molecule has 4 atom stereocenters. The molecule has 358 valence electrons. The van der Waals surface area contributed by atoms with E-state index in [2.05, 4.69) is 19.9 Å². The minimum absolute atomic E-state index is 0.0310. The number of aliphatic hydroxyl groups excluding tert-OH is 4. The molecule has 0 saturated heterocycles. The van der Waals surface area contributed by atoms with Crippen LogP contribution in [-0.4, -0.2) is 75.9 Å². The lowest BCUT2D eigenvalue weighted by Gasteiger charge is -2.20. The molecule has 2 aliphatic rings. The van der Waals surface area contributed by atoms with E-state index in [-0.39, 0.29) is 78.6 Å². The van der Waals surface area contributed by atoms with Gasteiger partial charge in [-0.2, -0.15) is 0 Å². The van der Waals surface area contributed by atoms with Crippen LogP contribution in [-0.2, 0) is 0 Å². The minimum atomic E-state index is -2.50. The molecule has 0 aliphatic carbocycles. The number of rotatable bonds is 10. The molecule has 0 spiro atoms. The van der Waals surface area contributed by atoms with Crippen molar-refractivity contribution in [2.75, 3.05) is 13.1 Å². The number of H-pyrrole nitrogens is 2. The number of aromatic amines is 2. The molecule has 70 heavy (non-hydrogen) atoms. The summed E-state index contributed by atoms with van der Waals surface area (Å²) >= 11 is 0. The summed E-state index contributed by atoms with van der Waals surface area (Å²) < 4.78 is 131. The average molecular weight is 969 g/mol. The molecule has 8 bridgehead atoms. The normalized spacial score (nSPS) is 14.0. The monoisotopic (exact) mass is 968 g/mol. The Kier molecular flexibility index (Phi) is 12.4. The maximum atomic E-state index is 16.6. The molecule has 0 fully saturated rings. The molecule has 0 saturated carbocycles. The second kappa shape index (κ2) is 18.3. The zero-order valence-electron chi connectivity index (χ0n) is 35.7. The van der Waals surface area contributed by atoms with Crippen LogP contribution in [0.25, 0.3) is 90.9 Å². The number of fused-ring (bicyclic) bond motifs is 8. The van der Waals surface area contributed by atoms with Gasteiger partial charge in [0.2, 0.25) is 0 Å². The number of phenolic OH excluding ortho intramolecular Hbond substituents is 2. The van der Waals surface area contributed by atoms with Crippen LogP contribution < -0.4 is 11.5 Å². The second-order valence-corrected chi connectivity index (χ2v) is 16.2. The summed E-state index contributed by atoms with van der Waals surface area (Å²) in [4.78, 5) is 15.3. The Morgan fingerprint density at radius 1 is 0.414 bits per heavy atom. The lowest BCUT2D eigenvalue weighted by atomic mass is 9.95. The van der Waals surface area contributed by atoms with E-state index < -0.39 is 117 Å².